The second kappa shape index (κ2) is 8.39. The lowest BCUT2D eigenvalue weighted by molar-refractivity contribution is -0.123. The SMILES string of the molecule is C#CCOc1c(Cl)cc(/C=C2/NC(=O)N(Cc3cccc(C)c3)C2=O)cc1Cl. The zero-order chi connectivity index (χ0) is 20.3. The van der Waals surface area contributed by atoms with Crippen molar-refractivity contribution in [2.75, 3.05) is 6.61 Å². The van der Waals surface area contributed by atoms with Gasteiger partial charge in [0.2, 0.25) is 0 Å². The average molecular weight is 415 g/mol. The highest BCUT2D eigenvalue weighted by molar-refractivity contribution is 6.37. The van der Waals surface area contributed by atoms with Gasteiger partial charge in [-0.15, -0.1) is 6.42 Å². The summed E-state index contributed by atoms with van der Waals surface area (Å²) in [7, 11) is 0. The van der Waals surface area contributed by atoms with E-state index in [0.717, 1.165) is 16.0 Å². The number of carbonyl (C=O) groups excluding carboxylic acids is 2. The number of halogens is 2. The fraction of sp³-hybridized carbons (Fsp3) is 0.143. The highest BCUT2D eigenvalue weighted by Crippen LogP contribution is 2.35. The number of hydrogen-bond donors (Lipinski definition) is 1. The van der Waals surface area contributed by atoms with Crippen molar-refractivity contribution in [3.63, 3.8) is 0 Å². The molecule has 0 saturated carbocycles. The van der Waals surface area contributed by atoms with E-state index >= 15 is 0 Å². The molecule has 1 fully saturated rings. The molecule has 3 amide bonds. The quantitative estimate of drug-likeness (QED) is 0.447. The van der Waals surface area contributed by atoms with E-state index in [0.29, 0.717) is 5.56 Å². The molecule has 1 heterocycles. The van der Waals surface area contributed by atoms with Crippen LogP contribution in [0.1, 0.15) is 16.7 Å². The van der Waals surface area contributed by atoms with E-state index in [2.05, 4.69) is 11.2 Å². The minimum absolute atomic E-state index is 0.0301. The van der Waals surface area contributed by atoms with Crippen molar-refractivity contribution in [1.82, 2.24) is 10.2 Å². The zero-order valence-corrected chi connectivity index (χ0v) is 16.5. The van der Waals surface area contributed by atoms with Crippen LogP contribution in [0.2, 0.25) is 10.0 Å². The van der Waals surface area contributed by atoms with Gasteiger partial charge < -0.3 is 10.1 Å². The predicted molar refractivity (Wildman–Crippen MR) is 109 cm³/mol. The van der Waals surface area contributed by atoms with Crippen LogP contribution in [0, 0.1) is 19.3 Å². The number of urea groups is 1. The van der Waals surface area contributed by atoms with E-state index in [1.54, 1.807) is 12.1 Å². The third-order valence-corrected chi connectivity index (χ3v) is 4.58. The Balaban J connectivity index is 1.82. The van der Waals surface area contributed by atoms with E-state index in [-0.39, 0.29) is 34.6 Å². The Labute approximate surface area is 172 Å². The molecule has 0 spiro atoms. The molecule has 5 nitrogen and oxygen atoms in total. The maximum absolute atomic E-state index is 12.6. The number of ether oxygens (including phenoxy) is 1. The van der Waals surface area contributed by atoms with Crippen molar-refractivity contribution < 1.29 is 14.3 Å². The standard InChI is InChI=1S/C21H16Cl2N2O3/c1-3-7-28-19-16(22)9-15(10-17(19)23)11-18-20(26)25(21(27)24-18)12-14-6-4-5-13(2)8-14/h1,4-6,8-11H,7,12H2,2H3,(H,24,27)/b18-11+. The van der Waals surface area contributed by atoms with Crippen LogP contribution >= 0.6 is 23.2 Å². The Bertz CT molecular complexity index is 1000. The molecule has 2 aromatic carbocycles. The molecule has 1 aliphatic heterocycles. The molecule has 3 rings (SSSR count). The predicted octanol–water partition coefficient (Wildman–Crippen LogP) is 4.41. The van der Waals surface area contributed by atoms with Gasteiger partial charge in [-0.3, -0.25) is 9.69 Å². The first-order valence-electron chi connectivity index (χ1n) is 8.34. The zero-order valence-electron chi connectivity index (χ0n) is 15.0. The number of nitrogens with one attached hydrogen (secondary N) is 1. The molecule has 0 radical (unpaired) electrons. The molecular weight excluding hydrogens is 399 g/mol. The van der Waals surface area contributed by atoms with Gasteiger partial charge in [0.1, 0.15) is 12.3 Å². The summed E-state index contributed by atoms with van der Waals surface area (Å²) in [5, 5.41) is 3.09. The largest absolute Gasteiger partial charge is 0.478 e. The van der Waals surface area contributed by atoms with E-state index in [4.69, 9.17) is 34.4 Å². The molecule has 28 heavy (non-hydrogen) atoms. The highest BCUT2D eigenvalue weighted by Gasteiger charge is 2.33. The molecule has 2 aromatic rings. The number of benzene rings is 2. The van der Waals surface area contributed by atoms with Crippen LogP contribution in [0.4, 0.5) is 4.79 Å². The summed E-state index contributed by atoms with van der Waals surface area (Å²) in [6.45, 7) is 2.16. The van der Waals surface area contributed by atoms with Gasteiger partial charge in [-0.2, -0.15) is 0 Å². The molecule has 1 aliphatic rings. The fourth-order valence-corrected chi connectivity index (χ4v) is 3.40. The Morgan fingerprint density at radius 3 is 2.57 bits per heavy atom. The first kappa shape index (κ1) is 19.8. The van der Waals surface area contributed by atoms with E-state index in [1.807, 2.05) is 31.2 Å². The monoisotopic (exact) mass is 414 g/mol. The number of hydrogen-bond acceptors (Lipinski definition) is 3. The number of terminal acetylenes is 1. The second-order valence-corrected chi connectivity index (χ2v) is 6.99. The second-order valence-electron chi connectivity index (χ2n) is 6.17. The van der Waals surface area contributed by atoms with Crippen LogP contribution in [0.5, 0.6) is 5.75 Å². The molecule has 1 saturated heterocycles. The summed E-state index contributed by atoms with van der Waals surface area (Å²) in [6.07, 6.45) is 6.68. The van der Waals surface area contributed by atoms with Crippen molar-refractivity contribution in [2.24, 2.45) is 0 Å². The third kappa shape index (κ3) is 4.30. The molecule has 0 aliphatic carbocycles. The maximum atomic E-state index is 12.6. The normalized spacial score (nSPS) is 14.9. The van der Waals surface area contributed by atoms with Crippen molar-refractivity contribution in [3.05, 3.63) is 68.8 Å². The smallest absolute Gasteiger partial charge is 0.329 e. The molecule has 7 heteroatoms. The molecule has 0 aromatic heterocycles. The van der Waals surface area contributed by atoms with E-state index < -0.39 is 11.9 Å². The van der Waals surface area contributed by atoms with Crippen molar-refractivity contribution in [3.8, 4) is 18.1 Å². The molecule has 0 unspecified atom stereocenters. The van der Waals surface area contributed by atoms with Gasteiger partial charge in [0.15, 0.2) is 5.75 Å². The Morgan fingerprint density at radius 1 is 1.21 bits per heavy atom. The summed E-state index contributed by atoms with van der Waals surface area (Å²) >= 11 is 12.4. The number of imide groups is 1. The number of nitrogens with zero attached hydrogens (tertiary/aromatic N) is 1. The summed E-state index contributed by atoms with van der Waals surface area (Å²) in [4.78, 5) is 26.0. The van der Waals surface area contributed by atoms with Crippen molar-refractivity contribution >= 4 is 41.2 Å². The van der Waals surface area contributed by atoms with Crippen molar-refractivity contribution in [1.29, 1.82) is 0 Å². The number of carbonyl (C=O) groups is 2. The lowest BCUT2D eigenvalue weighted by Gasteiger charge is -2.12. The lowest BCUT2D eigenvalue weighted by Crippen LogP contribution is -2.30. The first-order chi connectivity index (χ1) is 13.4. The molecule has 1 N–H and O–H groups in total. The van der Waals surface area contributed by atoms with Gasteiger partial charge in [-0.1, -0.05) is 59.0 Å². The van der Waals surface area contributed by atoms with Gasteiger partial charge in [0.05, 0.1) is 16.6 Å². The van der Waals surface area contributed by atoms with Gasteiger partial charge in [-0.25, -0.2) is 4.79 Å². The fourth-order valence-electron chi connectivity index (χ4n) is 2.79. The van der Waals surface area contributed by atoms with Crippen LogP contribution < -0.4 is 10.1 Å². The first-order valence-corrected chi connectivity index (χ1v) is 9.10. The molecule has 0 bridgehead atoms. The van der Waals surface area contributed by atoms with Crippen LogP contribution in [0.15, 0.2) is 42.1 Å². The number of amides is 3. The Morgan fingerprint density at radius 2 is 1.93 bits per heavy atom. The Kier molecular flexibility index (Phi) is 5.93. The summed E-state index contributed by atoms with van der Waals surface area (Å²) in [5.74, 6) is 2.18. The number of aryl methyl sites for hydroxylation is 1. The van der Waals surface area contributed by atoms with Crippen LogP contribution in [0.25, 0.3) is 6.08 Å². The minimum Gasteiger partial charge on any atom is -0.478 e. The topological polar surface area (TPSA) is 58.6 Å². The van der Waals surface area contributed by atoms with Gasteiger partial charge in [0.25, 0.3) is 5.91 Å². The van der Waals surface area contributed by atoms with Crippen molar-refractivity contribution in [2.45, 2.75) is 13.5 Å². The summed E-state index contributed by atoms with van der Waals surface area (Å²) in [5.41, 5.74) is 2.61. The summed E-state index contributed by atoms with van der Waals surface area (Å²) in [6, 6.07) is 10.3. The van der Waals surface area contributed by atoms with E-state index in [1.165, 1.54) is 6.08 Å². The van der Waals surface area contributed by atoms with Gasteiger partial charge >= 0.3 is 6.03 Å². The average Bonchev–Trinajstić information content (AvgIpc) is 2.89. The highest BCUT2D eigenvalue weighted by atomic mass is 35.5. The van der Waals surface area contributed by atoms with Crippen LogP contribution in [-0.2, 0) is 11.3 Å². The lowest BCUT2D eigenvalue weighted by atomic mass is 10.1. The minimum atomic E-state index is -0.482. The van der Waals surface area contributed by atoms with E-state index in [9.17, 15) is 9.59 Å². The van der Waals surface area contributed by atoms with Crippen LogP contribution in [-0.4, -0.2) is 23.4 Å². The van der Waals surface area contributed by atoms with Crippen LogP contribution in [0.3, 0.4) is 0 Å². The molecule has 0 atom stereocenters. The number of rotatable bonds is 5. The summed E-state index contributed by atoms with van der Waals surface area (Å²) < 4.78 is 5.31. The molecule has 142 valence electrons. The van der Waals surface area contributed by atoms with Gasteiger partial charge in [0, 0.05) is 0 Å². The maximum Gasteiger partial charge on any atom is 0.329 e. The molecular formula is C21H16Cl2N2O3. The Hall–Kier alpha value is -2.94. The van der Waals surface area contributed by atoms with Gasteiger partial charge in [-0.05, 0) is 36.3 Å². The third-order valence-electron chi connectivity index (χ3n) is 4.02.